The average molecular weight is 216 g/mol. The number of nitrogens with two attached hydrogens (primary N) is 1. The summed E-state index contributed by atoms with van der Waals surface area (Å²) >= 11 is 0. The third-order valence-corrected chi connectivity index (χ3v) is 1.88. The molecule has 0 saturated heterocycles. The predicted molar refractivity (Wildman–Crippen MR) is 52.9 cm³/mol. The maximum absolute atomic E-state index is 11.2. The Morgan fingerprint density at radius 3 is 2.27 bits per heavy atom. The molecule has 0 aliphatic rings. The first-order valence-corrected chi connectivity index (χ1v) is 4.54. The fourth-order valence-corrected chi connectivity index (χ4v) is 0.865. The first-order chi connectivity index (χ1) is 6.75. The Hall–Kier alpha value is -1.59. The van der Waals surface area contributed by atoms with E-state index in [9.17, 15) is 14.4 Å². The van der Waals surface area contributed by atoms with Crippen molar-refractivity contribution >= 4 is 17.8 Å². The SMILES string of the molecule is CC(C)(CC(=O)NCCC(N)=O)C(=O)O. The van der Waals surface area contributed by atoms with Crippen LogP contribution in [-0.4, -0.2) is 29.4 Å². The lowest BCUT2D eigenvalue weighted by atomic mass is 9.89. The van der Waals surface area contributed by atoms with Gasteiger partial charge in [0.2, 0.25) is 11.8 Å². The average Bonchev–Trinajstić information content (AvgIpc) is 2.01. The Bertz CT molecular complexity index is 273. The number of hydrogen-bond acceptors (Lipinski definition) is 3. The van der Waals surface area contributed by atoms with Crippen molar-refractivity contribution in [2.75, 3.05) is 6.54 Å². The highest BCUT2D eigenvalue weighted by atomic mass is 16.4. The van der Waals surface area contributed by atoms with Gasteiger partial charge in [0, 0.05) is 19.4 Å². The zero-order chi connectivity index (χ0) is 12.1. The highest BCUT2D eigenvalue weighted by Gasteiger charge is 2.29. The molecule has 0 aromatic heterocycles. The molecule has 0 aliphatic carbocycles. The Morgan fingerprint density at radius 2 is 1.87 bits per heavy atom. The van der Waals surface area contributed by atoms with E-state index in [2.05, 4.69) is 5.32 Å². The number of primary amides is 1. The Morgan fingerprint density at radius 1 is 1.33 bits per heavy atom. The largest absolute Gasteiger partial charge is 0.481 e. The van der Waals surface area contributed by atoms with Gasteiger partial charge in [-0.05, 0) is 13.8 Å². The molecule has 0 aliphatic heterocycles. The number of carboxylic acids is 1. The van der Waals surface area contributed by atoms with Crippen LogP contribution in [0.3, 0.4) is 0 Å². The summed E-state index contributed by atoms with van der Waals surface area (Å²) in [6.45, 7) is 3.07. The number of nitrogens with one attached hydrogen (secondary N) is 1. The Kier molecular flexibility index (Phi) is 4.77. The van der Waals surface area contributed by atoms with Crippen molar-refractivity contribution in [2.24, 2.45) is 11.1 Å². The molecule has 0 rings (SSSR count). The van der Waals surface area contributed by atoms with E-state index in [0.29, 0.717) is 0 Å². The summed E-state index contributed by atoms with van der Waals surface area (Å²) in [4.78, 5) is 32.3. The van der Waals surface area contributed by atoms with Crippen molar-refractivity contribution in [3.8, 4) is 0 Å². The van der Waals surface area contributed by atoms with E-state index in [1.807, 2.05) is 0 Å². The molecule has 0 spiro atoms. The van der Waals surface area contributed by atoms with Gasteiger partial charge in [-0.1, -0.05) is 0 Å². The van der Waals surface area contributed by atoms with E-state index in [1.54, 1.807) is 0 Å². The zero-order valence-electron chi connectivity index (χ0n) is 8.87. The number of aliphatic carboxylic acids is 1. The molecular formula is C9H16N2O4. The van der Waals surface area contributed by atoms with Crippen molar-refractivity contribution in [3.05, 3.63) is 0 Å². The van der Waals surface area contributed by atoms with Gasteiger partial charge in [0.25, 0.3) is 0 Å². The first-order valence-electron chi connectivity index (χ1n) is 4.54. The van der Waals surface area contributed by atoms with Gasteiger partial charge < -0.3 is 16.2 Å². The summed E-state index contributed by atoms with van der Waals surface area (Å²) in [5.41, 5.74) is 3.77. The fourth-order valence-electron chi connectivity index (χ4n) is 0.865. The molecule has 86 valence electrons. The van der Waals surface area contributed by atoms with Crippen LogP contribution in [0.2, 0.25) is 0 Å². The summed E-state index contributed by atoms with van der Waals surface area (Å²) in [6, 6.07) is 0. The first kappa shape index (κ1) is 13.4. The van der Waals surface area contributed by atoms with Crippen molar-refractivity contribution in [2.45, 2.75) is 26.7 Å². The molecular weight excluding hydrogens is 200 g/mol. The molecule has 0 aromatic rings. The second-order valence-corrected chi connectivity index (χ2v) is 3.93. The van der Waals surface area contributed by atoms with E-state index in [1.165, 1.54) is 13.8 Å². The molecule has 0 atom stereocenters. The summed E-state index contributed by atoms with van der Waals surface area (Å²) in [7, 11) is 0. The molecule has 2 amide bonds. The highest BCUT2D eigenvalue weighted by molar-refractivity contribution is 5.84. The van der Waals surface area contributed by atoms with E-state index >= 15 is 0 Å². The predicted octanol–water partition coefficient (Wildman–Crippen LogP) is -0.521. The molecule has 0 fully saturated rings. The molecule has 0 radical (unpaired) electrons. The van der Waals surface area contributed by atoms with Crippen LogP contribution in [0.15, 0.2) is 0 Å². The van der Waals surface area contributed by atoms with Gasteiger partial charge in [-0.25, -0.2) is 0 Å². The van der Waals surface area contributed by atoms with Gasteiger partial charge in [0.1, 0.15) is 0 Å². The number of amides is 2. The maximum Gasteiger partial charge on any atom is 0.309 e. The zero-order valence-corrected chi connectivity index (χ0v) is 8.87. The van der Waals surface area contributed by atoms with Crippen molar-refractivity contribution in [1.29, 1.82) is 0 Å². The molecule has 0 bridgehead atoms. The van der Waals surface area contributed by atoms with Gasteiger partial charge in [-0.15, -0.1) is 0 Å². The van der Waals surface area contributed by atoms with Gasteiger partial charge in [-0.2, -0.15) is 0 Å². The molecule has 0 unspecified atom stereocenters. The third-order valence-electron chi connectivity index (χ3n) is 1.88. The van der Waals surface area contributed by atoms with Crippen LogP contribution < -0.4 is 11.1 Å². The number of carbonyl (C=O) groups is 3. The lowest BCUT2D eigenvalue weighted by Crippen LogP contribution is -2.34. The van der Waals surface area contributed by atoms with E-state index in [4.69, 9.17) is 10.8 Å². The fraction of sp³-hybridized carbons (Fsp3) is 0.667. The standard InChI is InChI=1S/C9H16N2O4/c1-9(2,8(14)15)5-7(13)11-4-3-6(10)12/h3-5H2,1-2H3,(H2,10,12)(H,11,13)(H,14,15). The smallest absolute Gasteiger partial charge is 0.309 e. The van der Waals surface area contributed by atoms with Crippen molar-refractivity contribution < 1.29 is 19.5 Å². The van der Waals surface area contributed by atoms with Gasteiger partial charge >= 0.3 is 5.97 Å². The van der Waals surface area contributed by atoms with Gasteiger partial charge in [0.15, 0.2) is 0 Å². The summed E-state index contributed by atoms with van der Waals surface area (Å²) < 4.78 is 0. The minimum absolute atomic E-state index is 0.0548. The number of carboxylic acid groups (broad SMARTS) is 1. The topological polar surface area (TPSA) is 109 Å². The summed E-state index contributed by atoms with van der Waals surface area (Å²) in [5.74, 6) is -1.94. The minimum atomic E-state index is -1.10. The van der Waals surface area contributed by atoms with Gasteiger partial charge in [-0.3, -0.25) is 14.4 Å². The van der Waals surface area contributed by atoms with E-state index in [0.717, 1.165) is 0 Å². The quantitative estimate of drug-likeness (QED) is 0.554. The third kappa shape index (κ3) is 5.66. The second-order valence-electron chi connectivity index (χ2n) is 3.93. The molecule has 15 heavy (non-hydrogen) atoms. The monoisotopic (exact) mass is 216 g/mol. The number of rotatable bonds is 6. The maximum atomic E-state index is 11.2. The summed E-state index contributed by atoms with van der Waals surface area (Å²) in [6.07, 6.45) is -0.0691. The lowest BCUT2D eigenvalue weighted by Gasteiger charge is -2.17. The normalized spacial score (nSPS) is 10.8. The van der Waals surface area contributed by atoms with Crippen molar-refractivity contribution in [3.63, 3.8) is 0 Å². The lowest BCUT2D eigenvalue weighted by molar-refractivity contribution is -0.149. The van der Waals surface area contributed by atoms with Crippen LogP contribution >= 0.6 is 0 Å². The second kappa shape index (κ2) is 5.33. The van der Waals surface area contributed by atoms with Crippen LogP contribution in [0.25, 0.3) is 0 Å². The van der Waals surface area contributed by atoms with Crippen LogP contribution in [0.1, 0.15) is 26.7 Å². The van der Waals surface area contributed by atoms with Crippen LogP contribution in [-0.2, 0) is 14.4 Å². The van der Waals surface area contributed by atoms with Crippen molar-refractivity contribution in [1.82, 2.24) is 5.32 Å². The summed E-state index contributed by atoms with van der Waals surface area (Å²) in [5, 5.41) is 11.2. The molecule has 4 N–H and O–H groups in total. The van der Waals surface area contributed by atoms with Crippen LogP contribution in [0, 0.1) is 5.41 Å². The molecule has 6 nitrogen and oxygen atoms in total. The van der Waals surface area contributed by atoms with Gasteiger partial charge in [0.05, 0.1) is 5.41 Å². The molecule has 0 saturated carbocycles. The highest BCUT2D eigenvalue weighted by Crippen LogP contribution is 2.19. The van der Waals surface area contributed by atoms with Crippen LogP contribution in [0.4, 0.5) is 0 Å². The van der Waals surface area contributed by atoms with E-state index < -0.39 is 23.2 Å². The Labute approximate surface area is 87.8 Å². The van der Waals surface area contributed by atoms with Crippen LogP contribution in [0.5, 0.6) is 0 Å². The minimum Gasteiger partial charge on any atom is -0.481 e. The molecule has 0 heterocycles. The number of hydrogen-bond donors (Lipinski definition) is 3. The molecule has 0 aromatic carbocycles. The molecule has 6 heteroatoms. The van der Waals surface area contributed by atoms with E-state index in [-0.39, 0.29) is 19.4 Å². The number of carbonyl (C=O) groups excluding carboxylic acids is 2. The Balaban J connectivity index is 3.94.